The van der Waals surface area contributed by atoms with Crippen LogP contribution >= 0.6 is 11.6 Å². The smallest absolute Gasteiger partial charge is 0.258 e. The van der Waals surface area contributed by atoms with E-state index in [9.17, 15) is 9.90 Å². The van der Waals surface area contributed by atoms with Crippen LogP contribution in [0.25, 0.3) is 0 Å². The Kier molecular flexibility index (Phi) is 6.75. The molecular weight excluding hydrogens is 328 g/mol. The number of nitrogens with one attached hydrogen (secondary N) is 1. The number of hydrogen-bond acceptors (Lipinski definition) is 4. The number of likely N-dealkylation sites (tertiary alicyclic amines) is 1. The SMILES string of the molecule is CCCc1cc(Cl)c(OC)c(C(=O)NC[C@@H]2CCCN2CC)c1O. The van der Waals surface area contributed by atoms with E-state index in [4.69, 9.17) is 16.3 Å². The number of nitrogens with zero attached hydrogens (tertiary/aromatic N) is 1. The average molecular weight is 355 g/mol. The zero-order valence-corrected chi connectivity index (χ0v) is 15.4. The Balaban J connectivity index is 2.21. The average Bonchev–Trinajstić information content (AvgIpc) is 3.03. The lowest BCUT2D eigenvalue weighted by Crippen LogP contribution is -2.40. The van der Waals surface area contributed by atoms with Crippen molar-refractivity contribution in [3.05, 3.63) is 22.2 Å². The molecule has 1 aliphatic heterocycles. The molecule has 1 aliphatic rings. The number of hydrogen-bond donors (Lipinski definition) is 2. The minimum absolute atomic E-state index is 0.0330. The molecule has 1 atom stereocenters. The van der Waals surface area contributed by atoms with E-state index in [1.54, 1.807) is 6.07 Å². The maximum Gasteiger partial charge on any atom is 0.258 e. The van der Waals surface area contributed by atoms with Crippen LogP contribution in [0.3, 0.4) is 0 Å². The number of halogens is 1. The topological polar surface area (TPSA) is 61.8 Å². The van der Waals surface area contributed by atoms with Crippen LogP contribution in [0, 0.1) is 0 Å². The fourth-order valence-corrected chi connectivity index (χ4v) is 3.69. The number of ether oxygens (including phenoxy) is 1. The van der Waals surface area contributed by atoms with Crippen molar-refractivity contribution in [2.45, 2.75) is 45.6 Å². The fourth-order valence-electron chi connectivity index (χ4n) is 3.39. The van der Waals surface area contributed by atoms with E-state index in [2.05, 4.69) is 17.1 Å². The Morgan fingerprint density at radius 1 is 1.50 bits per heavy atom. The Morgan fingerprint density at radius 2 is 2.25 bits per heavy atom. The highest BCUT2D eigenvalue weighted by Gasteiger charge is 2.26. The van der Waals surface area contributed by atoms with Crippen molar-refractivity contribution in [2.75, 3.05) is 26.7 Å². The number of amides is 1. The fraction of sp³-hybridized carbons (Fsp3) is 0.611. The van der Waals surface area contributed by atoms with Crippen LogP contribution in [0.15, 0.2) is 6.07 Å². The number of carbonyl (C=O) groups excluding carboxylic acids is 1. The van der Waals surface area contributed by atoms with Gasteiger partial charge in [-0.1, -0.05) is 31.9 Å². The van der Waals surface area contributed by atoms with E-state index in [-0.39, 0.29) is 23.0 Å². The van der Waals surface area contributed by atoms with Crippen LogP contribution in [0.2, 0.25) is 5.02 Å². The third kappa shape index (κ3) is 3.95. The third-order valence-electron chi connectivity index (χ3n) is 4.64. The molecule has 0 aliphatic carbocycles. The van der Waals surface area contributed by atoms with Crippen LogP contribution in [-0.2, 0) is 6.42 Å². The molecule has 0 aromatic heterocycles. The van der Waals surface area contributed by atoms with Gasteiger partial charge in [0.05, 0.1) is 12.1 Å². The molecule has 0 bridgehead atoms. The van der Waals surface area contributed by atoms with E-state index in [1.807, 2.05) is 6.92 Å². The van der Waals surface area contributed by atoms with Gasteiger partial charge >= 0.3 is 0 Å². The van der Waals surface area contributed by atoms with Crippen molar-refractivity contribution < 1.29 is 14.6 Å². The van der Waals surface area contributed by atoms with Crippen LogP contribution < -0.4 is 10.1 Å². The highest BCUT2D eigenvalue weighted by atomic mass is 35.5. The van der Waals surface area contributed by atoms with E-state index in [1.165, 1.54) is 7.11 Å². The van der Waals surface area contributed by atoms with Gasteiger partial charge in [-0.3, -0.25) is 9.69 Å². The lowest BCUT2D eigenvalue weighted by molar-refractivity contribution is 0.0935. The molecule has 1 saturated heterocycles. The lowest BCUT2D eigenvalue weighted by Gasteiger charge is -2.23. The minimum Gasteiger partial charge on any atom is -0.507 e. The minimum atomic E-state index is -0.341. The quantitative estimate of drug-likeness (QED) is 0.789. The number of likely N-dealkylation sites (N-methyl/N-ethyl adjacent to an activating group) is 1. The van der Waals surface area contributed by atoms with Gasteiger partial charge < -0.3 is 15.2 Å². The zero-order chi connectivity index (χ0) is 17.7. The van der Waals surface area contributed by atoms with E-state index >= 15 is 0 Å². The van der Waals surface area contributed by atoms with E-state index in [0.29, 0.717) is 29.6 Å². The molecule has 24 heavy (non-hydrogen) atoms. The molecule has 1 amide bonds. The van der Waals surface area contributed by atoms with Crippen LogP contribution in [0.1, 0.15) is 49.0 Å². The van der Waals surface area contributed by atoms with Crippen LogP contribution in [0.4, 0.5) is 0 Å². The van der Waals surface area contributed by atoms with Crippen molar-refractivity contribution >= 4 is 17.5 Å². The van der Waals surface area contributed by atoms with Crippen LogP contribution in [-0.4, -0.2) is 48.7 Å². The Hall–Kier alpha value is -1.46. The second-order valence-corrected chi connectivity index (χ2v) is 6.57. The highest BCUT2D eigenvalue weighted by Crippen LogP contribution is 2.38. The predicted molar refractivity (Wildman–Crippen MR) is 96.3 cm³/mol. The van der Waals surface area contributed by atoms with Crippen molar-refractivity contribution in [1.82, 2.24) is 10.2 Å². The summed E-state index contributed by atoms with van der Waals surface area (Å²) in [6, 6.07) is 2.02. The first kappa shape index (κ1) is 18.9. The number of aryl methyl sites for hydroxylation is 1. The summed E-state index contributed by atoms with van der Waals surface area (Å²) in [6.45, 7) is 6.75. The summed E-state index contributed by atoms with van der Waals surface area (Å²) in [6.07, 6.45) is 3.74. The van der Waals surface area contributed by atoms with Gasteiger partial charge in [-0.2, -0.15) is 0 Å². The van der Waals surface area contributed by atoms with Crippen molar-refractivity contribution in [1.29, 1.82) is 0 Å². The first-order valence-electron chi connectivity index (χ1n) is 8.63. The monoisotopic (exact) mass is 354 g/mol. The summed E-state index contributed by atoms with van der Waals surface area (Å²) in [5, 5.41) is 13.8. The van der Waals surface area contributed by atoms with Crippen LogP contribution in [0.5, 0.6) is 11.5 Å². The van der Waals surface area contributed by atoms with E-state index < -0.39 is 0 Å². The Labute approximate surface area is 148 Å². The molecule has 2 rings (SSSR count). The molecule has 0 unspecified atom stereocenters. The number of phenols is 1. The van der Waals surface area contributed by atoms with Crippen molar-refractivity contribution in [2.24, 2.45) is 0 Å². The highest BCUT2D eigenvalue weighted by molar-refractivity contribution is 6.33. The summed E-state index contributed by atoms with van der Waals surface area (Å²) in [7, 11) is 1.45. The molecule has 1 heterocycles. The number of phenolic OH excluding ortho intramolecular Hbond substituents is 1. The number of methoxy groups -OCH3 is 1. The predicted octanol–water partition coefficient (Wildman–Crippen LogP) is 3.22. The van der Waals surface area contributed by atoms with Gasteiger partial charge in [0, 0.05) is 12.6 Å². The molecule has 1 aromatic rings. The summed E-state index contributed by atoms with van der Waals surface area (Å²) < 4.78 is 5.26. The standard InChI is InChI=1S/C18H27ClN2O3/c1-4-7-12-10-14(19)17(24-3)15(16(12)22)18(23)20-11-13-8-6-9-21(13)5-2/h10,13,22H,4-9,11H2,1-3H3,(H,20,23)/t13-/m0/s1. The number of aromatic hydroxyl groups is 1. The summed E-state index contributed by atoms with van der Waals surface area (Å²) in [5.41, 5.74) is 0.805. The maximum atomic E-state index is 12.7. The van der Waals surface area contributed by atoms with Gasteiger partial charge in [0.2, 0.25) is 0 Å². The summed E-state index contributed by atoms with van der Waals surface area (Å²) >= 11 is 6.24. The second kappa shape index (κ2) is 8.58. The Bertz CT molecular complexity index is 592. The molecule has 2 N–H and O–H groups in total. The molecule has 1 aromatic carbocycles. The Morgan fingerprint density at radius 3 is 2.88 bits per heavy atom. The van der Waals surface area contributed by atoms with Gasteiger partial charge in [0.1, 0.15) is 11.3 Å². The zero-order valence-electron chi connectivity index (χ0n) is 14.7. The van der Waals surface area contributed by atoms with Gasteiger partial charge in [0.25, 0.3) is 5.91 Å². The lowest BCUT2D eigenvalue weighted by atomic mass is 10.0. The number of carbonyl (C=O) groups is 1. The molecule has 0 spiro atoms. The number of rotatable bonds is 7. The molecule has 5 nitrogen and oxygen atoms in total. The van der Waals surface area contributed by atoms with Crippen molar-refractivity contribution in [3.63, 3.8) is 0 Å². The summed E-state index contributed by atoms with van der Waals surface area (Å²) in [4.78, 5) is 15.0. The van der Waals surface area contributed by atoms with Gasteiger partial charge in [-0.25, -0.2) is 0 Å². The molecule has 134 valence electrons. The molecule has 0 saturated carbocycles. The third-order valence-corrected chi connectivity index (χ3v) is 4.92. The molecule has 6 heteroatoms. The second-order valence-electron chi connectivity index (χ2n) is 6.16. The van der Waals surface area contributed by atoms with Crippen molar-refractivity contribution in [3.8, 4) is 11.5 Å². The normalized spacial score (nSPS) is 17.9. The molecular formula is C18H27ClN2O3. The molecule has 1 fully saturated rings. The summed E-state index contributed by atoms with van der Waals surface area (Å²) in [5.74, 6) is -0.146. The van der Waals surface area contributed by atoms with Gasteiger partial charge in [-0.05, 0) is 44.0 Å². The first-order chi connectivity index (χ1) is 11.5. The first-order valence-corrected chi connectivity index (χ1v) is 9.01. The van der Waals surface area contributed by atoms with Gasteiger partial charge in [-0.15, -0.1) is 0 Å². The van der Waals surface area contributed by atoms with Gasteiger partial charge in [0.15, 0.2) is 5.75 Å². The number of benzene rings is 1. The largest absolute Gasteiger partial charge is 0.507 e. The molecule has 0 radical (unpaired) electrons. The maximum absolute atomic E-state index is 12.7. The van der Waals surface area contributed by atoms with E-state index in [0.717, 1.165) is 32.4 Å².